The van der Waals surface area contributed by atoms with Crippen LogP contribution in [0.3, 0.4) is 0 Å². The molecular weight excluding hydrogens is 222 g/mol. The van der Waals surface area contributed by atoms with Gasteiger partial charge in [0.1, 0.15) is 12.4 Å². The Kier molecular flexibility index (Phi) is 4.16. The van der Waals surface area contributed by atoms with Crippen molar-refractivity contribution in [2.45, 2.75) is 6.61 Å². The molecule has 88 valence electrons. The summed E-state index contributed by atoms with van der Waals surface area (Å²) < 4.78 is 5.70. The Morgan fingerprint density at radius 3 is 2.67 bits per heavy atom. The maximum Gasteiger partial charge on any atom is 0.120 e. The van der Waals surface area contributed by atoms with Gasteiger partial charge in [0.25, 0.3) is 0 Å². The third-order valence-corrected chi connectivity index (χ3v) is 2.46. The van der Waals surface area contributed by atoms with Crippen molar-refractivity contribution in [3.8, 4) is 11.8 Å². The highest BCUT2D eigenvalue weighted by atomic mass is 16.5. The predicted molar refractivity (Wildman–Crippen MR) is 71.9 cm³/mol. The topological polar surface area (TPSA) is 33.0 Å². The van der Waals surface area contributed by atoms with Crippen LogP contribution >= 0.6 is 0 Å². The second-order valence-electron chi connectivity index (χ2n) is 3.81. The standard InChI is InChI=1S/C16H13NO/c17-11-5-9-14-8-4-10-16(12-14)18-13-15-6-2-1-3-7-15/h1-10,12H,13H2. The van der Waals surface area contributed by atoms with Crippen LogP contribution in [0.25, 0.3) is 6.08 Å². The summed E-state index contributed by atoms with van der Waals surface area (Å²) in [7, 11) is 0. The summed E-state index contributed by atoms with van der Waals surface area (Å²) in [5.41, 5.74) is 2.09. The maximum atomic E-state index is 8.48. The molecule has 0 unspecified atom stereocenters. The van der Waals surface area contributed by atoms with E-state index in [9.17, 15) is 0 Å². The number of allylic oxidation sites excluding steroid dienone is 1. The van der Waals surface area contributed by atoms with Crippen LogP contribution in [-0.4, -0.2) is 0 Å². The van der Waals surface area contributed by atoms with Gasteiger partial charge in [0, 0.05) is 6.08 Å². The van der Waals surface area contributed by atoms with Gasteiger partial charge >= 0.3 is 0 Å². The number of benzene rings is 2. The Morgan fingerprint density at radius 1 is 1.06 bits per heavy atom. The van der Waals surface area contributed by atoms with Crippen molar-refractivity contribution in [3.63, 3.8) is 0 Å². The molecule has 0 heterocycles. The molecule has 0 radical (unpaired) electrons. The van der Waals surface area contributed by atoms with Gasteiger partial charge in [-0.3, -0.25) is 0 Å². The molecule has 0 aliphatic rings. The minimum atomic E-state index is 0.548. The van der Waals surface area contributed by atoms with Crippen molar-refractivity contribution in [1.82, 2.24) is 0 Å². The molecule has 0 aliphatic carbocycles. The molecule has 0 bridgehead atoms. The third kappa shape index (κ3) is 3.50. The van der Waals surface area contributed by atoms with Gasteiger partial charge in [0.2, 0.25) is 0 Å². The largest absolute Gasteiger partial charge is 0.489 e. The molecule has 2 heteroatoms. The Labute approximate surface area is 107 Å². The van der Waals surface area contributed by atoms with Crippen LogP contribution in [0.4, 0.5) is 0 Å². The fourth-order valence-corrected chi connectivity index (χ4v) is 1.58. The van der Waals surface area contributed by atoms with E-state index in [-0.39, 0.29) is 0 Å². The normalized spacial score (nSPS) is 10.2. The van der Waals surface area contributed by atoms with E-state index in [0.717, 1.165) is 16.9 Å². The van der Waals surface area contributed by atoms with Crippen LogP contribution in [-0.2, 0) is 6.61 Å². The van der Waals surface area contributed by atoms with Crippen molar-refractivity contribution in [1.29, 1.82) is 5.26 Å². The first-order valence-corrected chi connectivity index (χ1v) is 5.71. The van der Waals surface area contributed by atoms with E-state index in [1.807, 2.05) is 60.7 Å². The SMILES string of the molecule is N#CC=Cc1cccc(OCc2ccccc2)c1. The van der Waals surface area contributed by atoms with Gasteiger partial charge in [0.05, 0.1) is 6.07 Å². The minimum Gasteiger partial charge on any atom is -0.489 e. The van der Waals surface area contributed by atoms with E-state index < -0.39 is 0 Å². The van der Waals surface area contributed by atoms with Crippen LogP contribution in [0, 0.1) is 11.3 Å². The summed E-state index contributed by atoms with van der Waals surface area (Å²) in [5.74, 6) is 0.805. The molecule has 18 heavy (non-hydrogen) atoms. The van der Waals surface area contributed by atoms with Crippen molar-refractivity contribution < 1.29 is 4.74 Å². The number of nitrogens with zero attached hydrogens (tertiary/aromatic N) is 1. The number of hydrogen-bond acceptors (Lipinski definition) is 2. The van der Waals surface area contributed by atoms with E-state index in [1.54, 1.807) is 6.08 Å². The smallest absolute Gasteiger partial charge is 0.120 e. The Balaban J connectivity index is 2.02. The van der Waals surface area contributed by atoms with Crippen molar-refractivity contribution in [2.75, 3.05) is 0 Å². The van der Waals surface area contributed by atoms with Crippen molar-refractivity contribution >= 4 is 6.08 Å². The monoisotopic (exact) mass is 235 g/mol. The van der Waals surface area contributed by atoms with E-state index in [2.05, 4.69) is 0 Å². The average Bonchev–Trinajstić information content (AvgIpc) is 2.44. The molecule has 2 aromatic carbocycles. The Bertz CT molecular complexity index is 567. The lowest BCUT2D eigenvalue weighted by Gasteiger charge is -2.06. The maximum absolute atomic E-state index is 8.48. The van der Waals surface area contributed by atoms with Gasteiger partial charge in [-0.1, -0.05) is 42.5 Å². The van der Waals surface area contributed by atoms with Gasteiger partial charge < -0.3 is 4.74 Å². The molecule has 0 aromatic heterocycles. The lowest BCUT2D eigenvalue weighted by molar-refractivity contribution is 0.306. The quantitative estimate of drug-likeness (QED) is 0.755. The van der Waals surface area contributed by atoms with E-state index in [0.29, 0.717) is 6.61 Å². The van der Waals surface area contributed by atoms with Crippen LogP contribution in [0.2, 0.25) is 0 Å². The van der Waals surface area contributed by atoms with Crippen LogP contribution in [0.5, 0.6) is 5.75 Å². The van der Waals surface area contributed by atoms with E-state index in [1.165, 1.54) is 6.08 Å². The lowest BCUT2D eigenvalue weighted by Crippen LogP contribution is -1.94. The number of ether oxygens (including phenoxy) is 1. The number of nitriles is 1. The second kappa shape index (κ2) is 6.27. The van der Waals surface area contributed by atoms with Gasteiger partial charge in [-0.05, 0) is 29.3 Å². The highest BCUT2D eigenvalue weighted by Gasteiger charge is 1.96. The van der Waals surface area contributed by atoms with Gasteiger partial charge in [-0.25, -0.2) is 0 Å². The Morgan fingerprint density at radius 2 is 1.89 bits per heavy atom. The molecule has 0 fully saturated rings. The zero-order valence-corrected chi connectivity index (χ0v) is 9.91. The summed E-state index contributed by atoms with van der Waals surface area (Å²) in [6.07, 6.45) is 3.21. The predicted octanol–water partition coefficient (Wildman–Crippen LogP) is 3.80. The molecule has 2 aromatic rings. The molecule has 0 amide bonds. The summed E-state index contributed by atoms with van der Waals surface area (Å²) in [6.45, 7) is 0.548. The van der Waals surface area contributed by atoms with Crippen LogP contribution in [0.15, 0.2) is 60.7 Å². The molecule has 2 rings (SSSR count). The molecule has 0 N–H and O–H groups in total. The molecule has 0 saturated heterocycles. The van der Waals surface area contributed by atoms with Crippen LogP contribution in [0.1, 0.15) is 11.1 Å². The zero-order valence-electron chi connectivity index (χ0n) is 9.91. The molecular formula is C16H13NO. The van der Waals surface area contributed by atoms with Crippen molar-refractivity contribution in [3.05, 3.63) is 71.8 Å². The highest BCUT2D eigenvalue weighted by molar-refractivity contribution is 5.53. The molecule has 0 atom stereocenters. The molecule has 0 saturated carbocycles. The first kappa shape index (κ1) is 11.9. The highest BCUT2D eigenvalue weighted by Crippen LogP contribution is 2.16. The molecule has 0 spiro atoms. The summed E-state index contributed by atoms with van der Waals surface area (Å²) in [5, 5.41) is 8.48. The van der Waals surface area contributed by atoms with Gasteiger partial charge in [-0.2, -0.15) is 5.26 Å². The van der Waals surface area contributed by atoms with E-state index >= 15 is 0 Å². The van der Waals surface area contributed by atoms with Gasteiger partial charge in [-0.15, -0.1) is 0 Å². The summed E-state index contributed by atoms with van der Waals surface area (Å²) in [6, 6.07) is 19.7. The summed E-state index contributed by atoms with van der Waals surface area (Å²) in [4.78, 5) is 0. The van der Waals surface area contributed by atoms with E-state index in [4.69, 9.17) is 10.00 Å². The second-order valence-corrected chi connectivity index (χ2v) is 3.81. The molecule has 2 nitrogen and oxygen atoms in total. The average molecular weight is 235 g/mol. The molecule has 0 aliphatic heterocycles. The fraction of sp³-hybridized carbons (Fsp3) is 0.0625. The summed E-state index contributed by atoms with van der Waals surface area (Å²) >= 11 is 0. The Hall–Kier alpha value is -2.53. The van der Waals surface area contributed by atoms with Gasteiger partial charge in [0.15, 0.2) is 0 Å². The van der Waals surface area contributed by atoms with Crippen molar-refractivity contribution in [2.24, 2.45) is 0 Å². The fourth-order valence-electron chi connectivity index (χ4n) is 1.58. The third-order valence-electron chi connectivity index (χ3n) is 2.46. The first-order chi connectivity index (χ1) is 8.88. The minimum absolute atomic E-state index is 0.548. The zero-order chi connectivity index (χ0) is 12.6. The number of rotatable bonds is 4. The van der Waals surface area contributed by atoms with Crippen LogP contribution < -0.4 is 4.74 Å². The first-order valence-electron chi connectivity index (χ1n) is 5.71. The lowest BCUT2D eigenvalue weighted by atomic mass is 10.2. The number of hydrogen-bond donors (Lipinski definition) is 0.